The van der Waals surface area contributed by atoms with Crippen LogP contribution in [0.5, 0.6) is 0 Å². The Labute approximate surface area is 102 Å². The van der Waals surface area contributed by atoms with Gasteiger partial charge in [0.25, 0.3) is 15.5 Å². The van der Waals surface area contributed by atoms with Crippen LogP contribution in [0.25, 0.3) is 0 Å². The molecule has 1 aromatic rings. The van der Waals surface area contributed by atoms with Crippen LogP contribution in [0.15, 0.2) is 11.1 Å². The fourth-order valence-electron chi connectivity index (χ4n) is 0.921. The first-order valence-corrected chi connectivity index (χ1v) is 6.80. The lowest BCUT2D eigenvalue weighted by molar-refractivity contribution is 0.146. The Morgan fingerprint density at radius 1 is 1.53 bits per heavy atom. The number of pyridine rings is 1. The Bertz CT molecular complexity index is 494. The number of halogens is 4. The predicted molar refractivity (Wildman–Crippen MR) is 59.4 cm³/mol. The van der Waals surface area contributed by atoms with E-state index in [9.17, 15) is 17.2 Å². The Hall–Kier alpha value is -0.220. The van der Waals surface area contributed by atoms with Gasteiger partial charge in [0, 0.05) is 16.9 Å². The largest absolute Gasteiger partial charge is 0.396 e. The van der Waals surface area contributed by atoms with Crippen molar-refractivity contribution in [3.63, 3.8) is 0 Å². The second-order valence-corrected chi connectivity index (χ2v) is 6.14. The van der Waals surface area contributed by atoms with Gasteiger partial charge in [-0.05, 0) is 22.6 Å². The lowest BCUT2D eigenvalue weighted by atomic mass is 10.3. The minimum Gasteiger partial charge on any atom is -0.396 e. The van der Waals surface area contributed by atoms with E-state index >= 15 is 0 Å². The minimum absolute atomic E-state index is 0.101. The van der Waals surface area contributed by atoms with Crippen molar-refractivity contribution in [1.29, 1.82) is 0 Å². The molecule has 1 aromatic heterocycles. The maximum Gasteiger partial charge on any atom is 0.282 e. The summed E-state index contributed by atoms with van der Waals surface area (Å²) in [5, 5.41) is 0. The minimum atomic E-state index is -4.15. The van der Waals surface area contributed by atoms with Gasteiger partial charge in [-0.3, -0.25) is 4.98 Å². The van der Waals surface area contributed by atoms with E-state index in [1.54, 1.807) is 22.6 Å². The molecule has 4 nitrogen and oxygen atoms in total. The van der Waals surface area contributed by atoms with Gasteiger partial charge >= 0.3 is 0 Å². The zero-order valence-corrected chi connectivity index (χ0v) is 10.6. The molecule has 9 heteroatoms. The van der Waals surface area contributed by atoms with Crippen molar-refractivity contribution < 1.29 is 17.2 Å². The van der Waals surface area contributed by atoms with E-state index in [0.717, 1.165) is 6.20 Å². The highest BCUT2D eigenvalue weighted by Gasteiger charge is 2.25. The van der Waals surface area contributed by atoms with Crippen LogP contribution in [0.1, 0.15) is 12.1 Å². The fraction of sp³-hybridized carbons (Fsp3) is 0.167. The van der Waals surface area contributed by atoms with Gasteiger partial charge in [0.05, 0.1) is 9.26 Å². The first-order valence-electron chi connectivity index (χ1n) is 3.42. The van der Waals surface area contributed by atoms with Crippen LogP contribution in [0, 0.1) is 3.57 Å². The van der Waals surface area contributed by atoms with E-state index in [2.05, 4.69) is 4.98 Å². The molecule has 1 heterocycles. The van der Waals surface area contributed by atoms with Crippen molar-refractivity contribution in [3.05, 3.63) is 15.5 Å². The van der Waals surface area contributed by atoms with Crippen LogP contribution < -0.4 is 5.73 Å². The summed E-state index contributed by atoms with van der Waals surface area (Å²) in [7, 11) is 0.907. The van der Waals surface area contributed by atoms with Gasteiger partial charge in [-0.1, -0.05) is 0 Å². The quantitative estimate of drug-likeness (QED) is 0.641. The van der Waals surface area contributed by atoms with Crippen molar-refractivity contribution in [3.8, 4) is 0 Å². The smallest absolute Gasteiger partial charge is 0.282 e. The van der Waals surface area contributed by atoms with E-state index in [1.165, 1.54) is 0 Å². The molecule has 0 saturated heterocycles. The summed E-state index contributed by atoms with van der Waals surface area (Å²) in [6.45, 7) is 0. The fourth-order valence-corrected chi connectivity index (χ4v) is 3.76. The molecule has 0 aliphatic carbocycles. The third-order valence-corrected chi connectivity index (χ3v) is 4.08. The van der Waals surface area contributed by atoms with Crippen molar-refractivity contribution in [2.45, 2.75) is 11.3 Å². The lowest BCUT2D eigenvalue weighted by Crippen LogP contribution is -2.07. The molecule has 0 aliphatic rings. The zero-order valence-electron chi connectivity index (χ0n) is 6.92. The molecule has 0 spiro atoms. The van der Waals surface area contributed by atoms with Crippen LogP contribution in [-0.2, 0) is 9.05 Å². The molecule has 0 unspecified atom stereocenters. The molecular formula is C6H4ClF2IN2O2S. The standard InChI is InChI=1S/C6H4ClF2IN2O2S/c7-15(13,14)5-2(10)1-12-4(3(5)11)6(8)9/h1,6H,11H2. The number of hydrogen-bond donors (Lipinski definition) is 1. The first-order chi connectivity index (χ1) is 6.75. The maximum atomic E-state index is 12.3. The van der Waals surface area contributed by atoms with Crippen molar-refractivity contribution in [2.24, 2.45) is 0 Å². The molecule has 2 N–H and O–H groups in total. The topological polar surface area (TPSA) is 73.0 Å². The third-order valence-electron chi connectivity index (χ3n) is 1.50. The summed E-state index contributed by atoms with van der Waals surface area (Å²) in [4.78, 5) is 2.83. The molecule has 15 heavy (non-hydrogen) atoms. The van der Waals surface area contributed by atoms with E-state index in [1.807, 2.05) is 0 Å². The lowest BCUT2D eigenvalue weighted by Gasteiger charge is -2.08. The SMILES string of the molecule is Nc1c(C(F)F)ncc(I)c1S(=O)(=O)Cl. The van der Waals surface area contributed by atoms with Gasteiger partial charge in [-0.25, -0.2) is 17.2 Å². The average Bonchev–Trinajstić information content (AvgIpc) is 2.00. The summed E-state index contributed by atoms with van der Waals surface area (Å²) >= 11 is 1.60. The van der Waals surface area contributed by atoms with E-state index in [-0.39, 0.29) is 3.57 Å². The van der Waals surface area contributed by atoms with Gasteiger partial charge < -0.3 is 5.73 Å². The molecule has 0 fully saturated rings. The number of rotatable bonds is 2. The maximum absolute atomic E-state index is 12.3. The van der Waals surface area contributed by atoms with Gasteiger partial charge in [0.15, 0.2) is 0 Å². The molecule has 0 amide bonds. The number of alkyl halides is 2. The van der Waals surface area contributed by atoms with Crippen LogP contribution >= 0.6 is 33.3 Å². The predicted octanol–water partition coefficient (Wildman–Crippen LogP) is 2.13. The molecule has 0 aliphatic heterocycles. The molecule has 0 radical (unpaired) electrons. The first kappa shape index (κ1) is 12.8. The molecule has 1 rings (SSSR count). The van der Waals surface area contributed by atoms with E-state index in [0.29, 0.717) is 0 Å². The molecular weight excluding hydrogens is 364 g/mol. The highest BCUT2D eigenvalue weighted by molar-refractivity contribution is 14.1. The van der Waals surface area contributed by atoms with Crippen LogP contribution in [0.3, 0.4) is 0 Å². The Kier molecular flexibility index (Phi) is 3.71. The highest BCUT2D eigenvalue weighted by Crippen LogP contribution is 2.33. The second kappa shape index (κ2) is 4.34. The second-order valence-electron chi connectivity index (χ2n) is 2.47. The van der Waals surface area contributed by atoms with E-state index < -0.39 is 31.8 Å². The van der Waals surface area contributed by atoms with Gasteiger partial charge in [0.2, 0.25) is 0 Å². The number of nitrogens with zero attached hydrogens (tertiary/aromatic N) is 1. The van der Waals surface area contributed by atoms with Gasteiger partial charge in [-0.2, -0.15) is 0 Å². The third kappa shape index (κ3) is 2.67. The Morgan fingerprint density at radius 2 is 2.07 bits per heavy atom. The number of hydrogen-bond acceptors (Lipinski definition) is 4. The summed E-state index contributed by atoms with van der Waals surface area (Å²) in [5.41, 5.74) is 3.87. The summed E-state index contributed by atoms with van der Waals surface area (Å²) < 4.78 is 46.9. The van der Waals surface area contributed by atoms with Crippen molar-refractivity contribution in [2.75, 3.05) is 5.73 Å². The molecule has 0 bridgehead atoms. The summed E-state index contributed by atoms with van der Waals surface area (Å²) in [6, 6.07) is 0. The Balaban J connectivity index is 3.59. The number of anilines is 1. The highest BCUT2D eigenvalue weighted by atomic mass is 127. The van der Waals surface area contributed by atoms with E-state index in [4.69, 9.17) is 16.4 Å². The molecule has 0 atom stereocenters. The van der Waals surface area contributed by atoms with Crippen molar-refractivity contribution >= 4 is 48.0 Å². The van der Waals surface area contributed by atoms with Gasteiger partial charge in [-0.15, -0.1) is 0 Å². The van der Waals surface area contributed by atoms with Crippen molar-refractivity contribution in [1.82, 2.24) is 4.98 Å². The number of aromatic nitrogens is 1. The zero-order chi connectivity index (χ0) is 11.8. The summed E-state index contributed by atoms with van der Waals surface area (Å²) in [5.74, 6) is 0. The number of nitrogen functional groups attached to an aromatic ring is 1. The molecule has 0 aromatic carbocycles. The van der Waals surface area contributed by atoms with Crippen LogP contribution in [0.4, 0.5) is 14.5 Å². The van der Waals surface area contributed by atoms with Crippen LogP contribution in [0.2, 0.25) is 0 Å². The summed E-state index contributed by atoms with van der Waals surface area (Å²) in [6.07, 6.45) is -1.97. The van der Waals surface area contributed by atoms with Crippen LogP contribution in [-0.4, -0.2) is 13.4 Å². The monoisotopic (exact) mass is 368 g/mol. The molecule has 0 saturated carbocycles. The normalized spacial score (nSPS) is 12.1. The molecule has 84 valence electrons. The van der Waals surface area contributed by atoms with Gasteiger partial charge in [0.1, 0.15) is 10.6 Å². The Morgan fingerprint density at radius 3 is 2.47 bits per heavy atom. The number of nitrogens with two attached hydrogens (primary N) is 1. The average molecular weight is 369 g/mol.